The van der Waals surface area contributed by atoms with E-state index in [0.717, 1.165) is 16.4 Å². The van der Waals surface area contributed by atoms with E-state index in [-0.39, 0.29) is 11.9 Å². The number of carbonyl (C=O) groups excluding carboxylic acids is 1. The van der Waals surface area contributed by atoms with E-state index >= 15 is 0 Å². The van der Waals surface area contributed by atoms with Crippen molar-refractivity contribution < 1.29 is 19.0 Å². The van der Waals surface area contributed by atoms with Gasteiger partial charge in [-0.3, -0.25) is 4.79 Å². The van der Waals surface area contributed by atoms with Crippen molar-refractivity contribution in [2.45, 2.75) is 25.3 Å². The number of benzene rings is 1. The maximum Gasteiger partial charge on any atom is 0.255 e. The van der Waals surface area contributed by atoms with E-state index in [2.05, 4.69) is 28.7 Å². The van der Waals surface area contributed by atoms with Crippen LogP contribution in [0.15, 0.2) is 12.1 Å². The molecule has 2 rings (SSSR count). The van der Waals surface area contributed by atoms with Crippen molar-refractivity contribution in [1.29, 1.82) is 5.26 Å². The number of nitrogens with zero attached hydrogens (tertiary/aromatic N) is 2. The van der Waals surface area contributed by atoms with Crippen LogP contribution in [0.4, 0.5) is 0 Å². The molecule has 1 aromatic rings. The fourth-order valence-electron chi connectivity index (χ4n) is 2.79. The Labute approximate surface area is 155 Å². The van der Waals surface area contributed by atoms with Crippen LogP contribution < -0.4 is 9.47 Å². The summed E-state index contributed by atoms with van der Waals surface area (Å²) < 4.78 is 16.8. The topological polar surface area (TPSA) is 71.8 Å². The molecule has 0 unspecified atom stereocenters. The smallest absolute Gasteiger partial charge is 0.255 e. The molecule has 0 aromatic heterocycles. The molecule has 7 heteroatoms. The summed E-state index contributed by atoms with van der Waals surface area (Å²) in [7, 11) is 3.11. The van der Waals surface area contributed by atoms with Gasteiger partial charge in [-0.05, 0) is 47.6 Å². The van der Waals surface area contributed by atoms with Gasteiger partial charge in [0.15, 0.2) is 11.5 Å². The summed E-state index contributed by atoms with van der Waals surface area (Å²) in [5.41, 5.74) is 0.567. The predicted octanol–water partition coefficient (Wildman–Crippen LogP) is 2.84. The first-order valence-electron chi connectivity index (χ1n) is 7.79. The number of amides is 1. The minimum Gasteiger partial charge on any atom is -0.493 e. The summed E-state index contributed by atoms with van der Waals surface area (Å²) in [5, 5.41) is 8.92. The summed E-state index contributed by atoms with van der Waals surface area (Å²) in [6.45, 7) is 1.71. The standard InChI is InChI=1S/C17H21IN2O4/c1-22-15-10-13(14(18)11-16(15)23-2)17(21)20(7-3-6-19)12-4-8-24-9-5-12/h10-12H,3-5,7-9H2,1-2H3. The second kappa shape index (κ2) is 9.08. The zero-order chi connectivity index (χ0) is 17.5. The van der Waals surface area contributed by atoms with Crippen molar-refractivity contribution in [3.05, 3.63) is 21.3 Å². The lowest BCUT2D eigenvalue weighted by Crippen LogP contribution is -2.44. The number of rotatable bonds is 6. The van der Waals surface area contributed by atoms with Gasteiger partial charge < -0.3 is 19.1 Å². The SMILES string of the molecule is COc1cc(I)c(C(=O)N(CCC#N)C2CCOCC2)cc1OC. The Bertz CT molecular complexity index is 624. The lowest BCUT2D eigenvalue weighted by atomic mass is 10.0. The van der Waals surface area contributed by atoms with E-state index in [9.17, 15) is 4.79 Å². The molecule has 1 heterocycles. The van der Waals surface area contributed by atoms with Gasteiger partial charge in [-0.15, -0.1) is 0 Å². The summed E-state index contributed by atoms with van der Waals surface area (Å²) in [4.78, 5) is 14.9. The van der Waals surface area contributed by atoms with Gasteiger partial charge in [-0.1, -0.05) is 0 Å². The molecule has 1 aromatic carbocycles. The quantitative estimate of drug-likeness (QED) is 0.632. The monoisotopic (exact) mass is 444 g/mol. The van der Waals surface area contributed by atoms with Crippen molar-refractivity contribution in [1.82, 2.24) is 4.90 Å². The average Bonchev–Trinajstić information content (AvgIpc) is 2.62. The minimum atomic E-state index is -0.0810. The highest BCUT2D eigenvalue weighted by Gasteiger charge is 2.28. The highest BCUT2D eigenvalue weighted by molar-refractivity contribution is 14.1. The molecular weight excluding hydrogens is 423 g/mol. The van der Waals surface area contributed by atoms with E-state index in [4.69, 9.17) is 19.5 Å². The van der Waals surface area contributed by atoms with Crippen molar-refractivity contribution >= 4 is 28.5 Å². The molecule has 0 radical (unpaired) electrons. The predicted molar refractivity (Wildman–Crippen MR) is 97.4 cm³/mol. The largest absolute Gasteiger partial charge is 0.493 e. The van der Waals surface area contributed by atoms with Crippen LogP contribution in [0.3, 0.4) is 0 Å². The summed E-state index contributed by atoms with van der Waals surface area (Å²) in [6, 6.07) is 5.73. The fourth-order valence-corrected chi connectivity index (χ4v) is 3.46. The van der Waals surface area contributed by atoms with Crippen molar-refractivity contribution in [2.75, 3.05) is 34.0 Å². The van der Waals surface area contributed by atoms with Crippen LogP contribution in [0, 0.1) is 14.9 Å². The zero-order valence-electron chi connectivity index (χ0n) is 13.9. The van der Waals surface area contributed by atoms with Gasteiger partial charge in [0.05, 0.1) is 32.3 Å². The number of ether oxygens (including phenoxy) is 3. The first-order chi connectivity index (χ1) is 11.6. The molecule has 1 amide bonds. The Morgan fingerprint density at radius 3 is 2.54 bits per heavy atom. The molecule has 0 spiro atoms. The lowest BCUT2D eigenvalue weighted by Gasteiger charge is -2.34. The number of halogens is 1. The molecule has 1 fully saturated rings. The fraction of sp³-hybridized carbons (Fsp3) is 0.529. The number of carbonyl (C=O) groups is 1. The van der Waals surface area contributed by atoms with Crippen LogP contribution in [-0.4, -0.2) is 50.8 Å². The lowest BCUT2D eigenvalue weighted by molar-refractivity contribution is 0.0295. The second-order valence-electron chi connectivity index (χ2n) is 5.44. The van der Waals surface area contributed by atoms with Gasteiger partial charge in [0.25, 0.3) is 5.91 Å². The van der Waals surface area contributed by atoms with E-state index < -0.39 is 0 Å². The second-order valence-corrected chi connectivity index (χ2v) is 6.60. The van der Waals surface area contributed by atoms with Crippen molar-refractivity contribution in [3.8, 4) is 17.6 Å². The number of nitriles is 1. The Morgan fingerprint density at radius 1 is 1.33 bits per heavy atom. The van der Waals surface area contributed by atoms with Crippen LogP contribution in [0.25, 0.3) is 0 Å². The van der Waals surface area contributed by atoms with Gasteiger partial charge in [-0.2, -0.15) is 5.26 Å². The van der Waals surface area contributed by atoms with Gasteiger partial charge in [-0.25, -0.2) is 0 Å². The van der Waals surface area contributed by atoms with Gasteiger partial charge in [0.1, 0.15) is 0 Å². The first kappa shape index (κ1) is 18.8. The number of hydrogen-bond acceptors (Lipinski definition) is 5. The number of hydrogen-bond donors (Lipinski definition) is 0. The summed E-state index contributed by atoms with van der Waals surface area (Å²) in [6.07, 6.45) is 1.90. The van der Waals surface area contributed by atoms with E-state index in [1.165, 1.54) is 0 Å². The highest BCUT2D eigenvalue weighted by Crippen LogP contribution is 2.32. The molecule has 1 aliphatic rings. The maximum absolute atomic E-state index is 13.1. The van der Waals surface area contributed by atoms with Crippen LogP contribution in [-0.2, 0) is 4.74 Å². The van der Waals surface area contributed by atoms with E-state index in [1.807, 2.05) is 0 Å². The molecule has 6 nitrogen and oxygen atoms in total. The Morgan fingerprint density at radius 2 is 1.96 bits per heavy atom. The average molecular weight is 444 g/mol. The normalized spacial score (nSPS) is 14.8. The molecule has 0 bridgehead atoms. The van der Waals surface area contributed by atoms with Gasteiger partial charge in [0.2, 0.25) is 0 Å². The Balaban J connectivity index is 2.32. The van der Waals surface area contributed by atoms with Crippen molar-refractivity contribution in [2.24, 2.45) is 0 Å². The van der Waals surface area contributed by atoms with Crippen molar-refractivity contribution in [3.63, 3.8) is 0 Å². The molecule has 0 aliphatic carbocycles. The summed E-state index contributed by atoms with van der Waals surface area (Å²) in [5.74, 6) is 1.03. The molecule has 0 N–H and O–H groups in total. The third-order valence-electron chi connectivity index (χ3n) is 4.06. The molecule has 1 saturated heterocycles. The number of methoxy groups -OCH3 is 2. The molecule has 0 saturated carbocycles. The zero-order valence-corrected chi connectivity index (χ0v) is 16.0. The third-order valence-corrected chi connectivity index (χ3v) is 4.95. The molecule has 0 atom stereocenters. The van der Waals surface area contributed by atoms with Gasteiger partial charge >= 0.3 is 0 Å². The third kappa shape index (κ3) is 4.30. The first-order valence-corrected chi connectivity index (χ1v) is 8.87. The minimum absolute atomic E-state index is 0.0810. The van der Waals surface area contributed by atoms with E-state index in [0.29, 0.717) is 43.2 Å². The van der Waals surface area contributed by atoms with E-state index in [1.54, 1.807) is 31.3 Å². The Kier molecular flexibility index (Phi) is 7.12. The molecular formula is C17H21IN2O4. The Hall–Kier alpha value is -1.53. The highest BCUT2D eigenvalue weighted by atomic mass is 127. The molecule has 130 valence electrons. The van der Waals surface area contributed by atoms with Crippen LogP contribution in [0.1, 0.15) is 29.6 Å². The summed E-state index contributed by atoms with van der Waals surface area (Å²) >= 11 is 2.13. The van der Waals surface area contributed by atoms with Crippen LogP contribution in [0.5, 0.6) is 11.5 Å². The van der Waals surface area contributed by atoms with Crippen LogP contribution in [0.2, 0.25) is 0 Å². The molecule has 1 aliphatic heterocycles. The maximum atomic E-state index is 13.1. The van der Waals surface area contributed by atoms with Crippen LogP contribution >= 0.6 is 22.6 Å². The van der Waals surface area contributed by atoms with Gasteiger partial charge in [0, 0.05) is 29.4 Å². The molecule has 24 heavy (non-hydrogen) atoms.